The molecule has 6 heteroatoms. The molecular weight excluding hydrogens is 240 g/mol. The van der Waals surface area contributed by atoms with E-state index in [-0.39, 0.29) is 12.3 Å². The zero-order valence-corrected chi connectivity index (χ0v) is 9.94. The normalized spacial score (nSPS) is 14.6. The Labute approximate surface area is 103 Å². The Balaban J connectivity index is 2.10. The topological polar surface area (TPSA) is 70.5 Å². The van der Waals surface area contributed by atoms with Crippen molar-refractivity contribution in [3.8, 4) is 0 Å². The highest BCUT2D eigenvalue weighted by Crippen LogP contribution is 2.34. The van der Waals surface area contributed by atoms with Gasteiger partial charge < -0.3 is 10.0 Å². The molecule has 0 atom stereocenters. The Morgan fingerprint density at radius 3 is 3.18 bits per heavy atom. The summed E-state index contributed by atoms with van der Waals surface area (Å²) in [7, 11) is 0. The number of carboxylic acid groups (broad SMARTS) is 1. The number of hydrogen-bond donors (Lipinski definition) is 1. The third-order valence-electron chi connectivity index (χ3n) is 2.48. The third kappa shape index (κ3) is 2.76. The van der Waals surface area contributed by atoms with E-state index in [1.165, 1.54) is 11.8 Å². The number of anilines is 1. The van der Waals surface area contributed by atoms with E-state index in [4.69, 9.17) is 5.11 Å². The summed E-state index contributed by atoms with van der Waals surface area (Å²) in [5.41, 5.74) is 0.791. The number of amides is 1. The Hall–Kier alpha value is -1.56. The van der Waals surface area contributed by atoms with Gasteiger partial charge in [0, 0.05) is 24.1 Å². The fourth-order valence-corrected chi connectivity index (χ4v) is 2.59. The summed E-state index contributed by atoms with van der Waals surface area (Å²) >= 11 is 1.49. The minimum absolute atomic E-state index is 0.0147. The van der Waals surface area contributed by atoms with Crippen molar-refractivity contribution in [1.29, 1.82) is 0 Å². The Bertz CT molecular complexity index is 450. The number of thioether (sulfide) groups is 1. The van der Waals surface area contributed by atoms with E-state index >= 15 is 0 Å². The van der Waals surface area contributed by atoms with Crippen LogP contribution in [0.3, 0.4) is 0 Å². The van der Waals surface area contributed by atoms with Crippen LogP contribution in [-0.2, 0) is 9.59 Å². The van der Waals surface area contributed by atoms with Crippen LogP contribution in [0.15, 0.2) is 23.4 Å². The SMILES string of the molecule is O=C(O)CCCN1C(=O)CSc2ccncc21. The van der Waals surface area contributed by atoms with Crippen LogP contribution in [0.4, 0.5) is 5.69 Å². The van der Waals surface area contributed by atoms with Crippen LogP contribution in [0.25, 0.3) is 0 Å². The Kier molecular flexibility index (Phi) is 3.63. The van der Waals surface area contributed by atoms with E-state index in [2.05, 4.69) is 4.98 Å². The molecule has 0 aliphatic carbocycles. The molecular formula is C11H12N2O3S. The standard InChI is InChI=1S/C11H12N2O3S/c14-10-7-17-9-3-4-12-6-8(9)13(10)5-1-2-11(15)16/h3-4,6H,1-2,5,7H2,(H,15,16). The molecule has 5 nitrogen and oxygen atoms in total. The first-order chi connectivity index (χ1) is 8.18. The van der Waals surface area contributed by atoms with E-state index in [9.17, 15) is 9.59 Å². The van der Waals surface area contributed by atoms with Gasteiger partial charge in [-0.15, -0.1) is 11.8 Å². The highest BCUT2D eigenvalue weighted by molar-refractivity contribution is 8.00. The zero-order chi connectivity index (χ0) is 12.3. The summed E-state index contributed by atoms with van der Waals surface area (Å²) in [4.78, 5) is 28.9. The van der Waals surface area contributed by atoms with Crippen LogP contribution >= 0.6 is 11.8 Å². The molecule has 0 saturated carbocycles. The van der Waals surface area contributed by atoms with Crippen molar-refractivity contribution in [3.05, 3.63) is 18.5 Å². The average molecular weight is 252 g/mol. The molecule has 90 valence electrons. The minimum atomic E-state index is -0.838. The second-order valence-corrected chi connectivity index (χ2v) is 4.69. The van der Waals surface area contributed by atoms with Crippen molar-refractivity contribution in [2.75, 3.05) is 17.2 Å². The summed E-state index contributed by atoms with van der Waals surface area (Å²) in [6.45, 7) is 0.435. The number of carbonyl (C=O) groups excluding carboxylic acids is 1. The van der Waals surface area contributed by atoms with Crippen LogP contribution in [-0.4, -0.2) is 34.3 Å². The molecule has 1 aliphatic heterocycles. The maximum absolute atomic E-state index is 11.8. The van der Waals surface area contributed by atoms with Crippen molar-refractivity contribution in [3.63, 3.8) is 0 Å². The lowest BCUT2D eigenvalue weighted by atomic mass is 10.2. The molecule has 0 saturated heterocycles. The van der Waals surface area contributed by atoms with E-state index in [0.29, 0.717) is 18.7 Å². The summed E-state index contributed by atoms with van der Waals surface area (Å²) in [6, 6.07) is 1.87. The first-order valence-corrected chi connectivity index (χ1v) is 6.26. The van der Waals surface area contributed by atoms with E-state index in [1.807, 2.05) is 6.07 Å². The maximum atomic E-state index is 11.8. The van der Waals surface area contributed by atoms with Gasteiger partial charge in [0.05, 0.1) is 17.6 Å². The van der Waals surface area contributed by atoms with Gasteiger partial charge in [-0.05, 0) is 12.5 Å². The van der Waals surface area contributed by atoms with Crippen molar-refractivity contribution < 1.29 is 14.7 Å². The Morgan fingerprint density at radius 1 is 1.59 bits per heavy atom. The van der Waals surface area contributed by atoms with Crippen molar-refractivity contribution >= 4 is 29.3 Å². The molecule has 0 unspecified atom stereocenters. The molecule has 2 rings (SSSR count). The quantitative estimate of drug-likeness (QED) is 0.876. The monoisotopic (exact) mass is 252 g/mol. The minimum Gasteiger partial charge on any atom is -0.481 e. The predicted molar refractivity (Wildman–Crippen MR) is 64.2 cm³/mol. The summed E-state index contributed by atoms with van der Waals surface area (Å²) < 4.78 is 0. The Morgan fingerprint density at radius 2 is 2.41 bits per heavy atom. The van der Waals surface area contributed by atoms with Gasteiger partial charge in [0.1, 0.15) is 0 Å². The van der Waals surface area contributed by atoms with Gasteiger partial charge in [-0.3, -0.25) is 14.6 Å². The third-order valence-corrected chi connectivity index (χ3v) is 3.52. The molecule has 1 N–H and O–H groups in total. The fraction of sp³-hybridized carbons (Fsp3) is 0.364. The first-order valence-electron chi connectivity index (χ1n) is 5.27. The smallest absolute Gasteiger partial charge is 0.303 e. The van der Waals surface area contributed by atoms with Crippen LogP contribution in [0.5, 0.6) is 0 Å². The molecule has 1 aromatic heterocycles. The number of nitrogens with zero attached hydrogens (tertiary/aromatic N) is 2. The number of aliphatic carboxylic acids is 1. The second kappa shape index (κ2) is 5.18. The van der Waals surface area contributed by atoms with Crippen LogP contribution in [0, 0.1) is 0 Å². The molecule has 17 heavy (non-hydrogen) atoms. The number of rotatable bonds is 4. The lowest BCUT2D eigenvalue weighted by Crippen LogP contribution is -2.36. The highest BCUT2D eigenvalue weighted by atomic mass is 32.2. The second-order valence-electron chi connectivity index (χ2n) is 3.67. The van der Waals surface area contributed by atoms with Crippen molar-refractivity contribution in [2.45, 2.75) is 17.7 Å². The first kappa shape index (κ1) is 11.9. The number of carboxylic acids is 1. The molecule has 0 fully saturated rings. The molecule has 0 radical (unpaired) electrons. The van der Waals surface area contributed by atoms with Gasteiger partial charge in [0.25, 0.3) is 0 Å². The molecule has 0 spiro atoms. The van der Waals surface area contributed by atoms with Gasteiger partial charge in [0.15, 0.2) is 0 Å². The number of hydrogen-bond acceptors (Lipinski definition) is 4. The van der Waals surface area contributed by atoms with Crippen molar-refractivity contribution in [1.82, 2.24) is 4.98 Å². The van der Waals surface area contributed by atoms with E-state index in [1.54, 1.807) is 17.3 Å². The van der Waals surface area contributed by atoms with E-state index in [0.717, 1.165) is 10.6 Å². The van der Waals surface area contributed by atoms with Crippen LogP contribution < -0.4 is 4.90 Å². The molecule has 1 amide bonds. The zero-order valence-electron chi connectivity index (χ0n) is 9.13. The largest absolute Gasteiger partial charge is 0.481 e. The van der Waals surface area contributed by atoms with Gasteiger partial charge in [0.2, 0.25) is 5.91 Å². The summed E-state index contributed by atoms with van der Waals surface area (Å²) in [5.74, 6) is -0.416. The fourth-order valence-electron chi connectivity index (χ4n) is 1.68. The molecule has 1 aromatic rings. The predicted octanol–water partition coefficient (Wildman–Crippen LogP) is 1.39. The lowest BCUT2D eigenvalue weighted by molar-refractivity contribution is -0.137. The number of pyridine rings is 1. The molecule has 2 heterocycles. The van der Waals surface area contributed by atoms with E-state index < -0.39 is 5.97 Å². The molecule has 1 aliphatic rings. The van der Waals surface area contributed by atoms with Gasteiger partial charge >= 0.3 is 5.97 Å². The lowest BCUT2D eigenvalue weighted by Gasteiger charge is -2.28. The van der Waals surface area contributed by atoms with Crippen LogP contribution in [0.2, 0.25) is 0 Å². The maximum Gasteiger partial charge on any atom is 0.303 e. The summed E-state index contributed by atoms with van der Waals surface area (Å²) in [5, 5.41) is 8.58. The number of aromatic nitrogens is 1. The highest BCUT2D eigenvalue weighted by Gasteiger charge is 2.24. The number of fused-ring (bicyclic) bond motifs is 1. The van der Waals surface area contributed by atoms with Gasteiger partial charge in [-0.2, -0.15) is 0 Å². The van der Waals surface area contributed by atoms with Crippen molar-refractivity contribution in [2.24, 2.45) is 0 Å². The number of carbonyl (C=O) groups is 2. The van der Waals surface area contributed by atoms with Gasteiger partial charge in [-0.25, -0.2) is 0 Å². The molecule has 0 bridgehead atoms. The summed E-state index contributed by atoms with van der Waals surface area (Å²) in [6.07, 6.45) is 3.88. The molecule has 0 aromatic carbocycles. The average Bonchev–Trinajstić information content (AvgIpc) is 2.32. The van der Waals surface area contributed by atoms with Gasteiger partial charge in [-0.1, -0.05) is 0 Å². The van der Waals surface area contributed by atoms with Crippen LogP contribution in [0.1, 0.15) is 12.8 Å².